The molecule has 0 fully saturated rings. The van der Waals surface area contributed by atoms with E-state index in [0.29, 0.717) is 0 Å². The van der Waals surface area contributed by atoms with Crippen LogP contribution in [0.25, 0.3) is 0 Å². The van der Waals surface area contributed by atoms with E-state index in [-0.39, 0.29) is 0 Å². The molecular weight excluding hydrogens is 204 g/mol. The lowest BCUT2D eigenvalue weighted by molar-refractivity contribution is 0.402. The first-order valence-electron chi connectivity index (χ1n) is 3.55. The third-order valence-electron chi connectivity index (χ3n) is 1.50. The predicted octanol–water partition coefficient (Wildman–Crippen LogP) is 1.85. The Balaban J connectivity index is 2.73. The summed E-state index contributed by atoms with van der Waals surface area (Å²) in [6, 6.07) is 2.14. The molecule has 11 heavy (non-hydrogen) atoms. The van der Waals surface area contributed by atoms with Crippen LogP contribution in [0.4, 0.5) is 0 Å². The van der Waals surface area contributed by atoms with E-state index in [2.05, 4.69) is 51.8 Å². The van der Waals surface area contributed by atoms with Crippen molar-refractivity contribution >= 4 is 15.9 Å². The van der Waals surface area contributed by atoms with Crippen LogP contribution in [0.5, 0.6) is 0 Å². The Labute approximate surface area is 75.9 Å². The fourth-order valence-electron chi connectivity index (χ4n) is 1.05. The number of aromatic nitrogens is 1. The van der Waals surface area contributed by atoms with Crippen LogP contribution >= 0.6 is 15.9 Å². The van der Waals surface area contributed by atoms with Gasteiger partial charge in [0, 0.05) is 19.8 Å². The number of hydrogen-bond acceptors (Lipinski definition) is 1. The molecule has 0 unspecified atom stereocenters. The first kappa shape index (κ1) is 8.81. The molecular formula is C8H13BrN2. The van der Waals surface area contributed by atoms with E-state index in [1.165, 1.54) is 5.56 Å². The van der Waals surface area contributed by atoms with E-state index in [0.717, 1.165) is 11.1 Å². The summed E-state index contributed by atoms with van der Waals surface area (Å²) in [5.41, 5.74) is 1.34. The third-order valence-corrected chi connectivity index (χ3v) is 2.29. The summed E-state index contributed by atoms with van der Waals surface area (Å²) >= 11 is 3.45. The molecule has 0 bridgehead atoms. The van der Waals surface area contributed by atoms with E-state index in [1.54, 1.807) is 0 Å². The first-order chi connectivity index (χ1) is 5.09. The Morgan fingerprint density at radius 1 is 1.55 bits per heavy atom. The van der Waals surface area contributed by atoms with Crippen LogP contribution in [0.1, 0.15) is 5.56 Å². The van der Waals surface area contributed by atoms with Crippen LogP contribution in [0.15, 0.2) is 16.9 Å². The molecule has 62 valence electrons. The molecule has 0 aliphatic heterocycles. The zero-order chi connectivity index (χ0) is 8.43. The lowest BCUT2D eigenvalue weighted by Gasteiger charge is -2.06. The van der Waals surface area contributed by atoms with Gasteiger partial charge in [-0.25, -0.2) is 0 Å². The Kier molecular flexibility index (Phi) is 2.73. The van der Waals surface area contributed by atoms with Crippen LogP contribution in [0.3, 0.4) is 0 Å². The Morgan fingerprint density at radius 3 is 2.55 bits per heavy atom. The van der Waals surface area contributed by atoms with Crippen LogP contribution in [-0.2, 0) is 13.6 Å². The second kappa shape index (κ2) is 3.41. The summed E-state index contributed by atoms with van der Waals surface area (Å²) in [4.78, 5) is 2.15. The van der Waals surface area contributed by atoms with E-state index in [9.17, 15) is 0 Å². The highest BCUT2D eigenvalue weighted by atomic mass is 79.9. The van der Waals surface area contributed by atoms with Gasteiger partial charge in [0.2, 0.25) is 0 Å². The van der Waals surface area contributed by atoms with Gasteiger partial charge in [0.1, 0.15) is 0 Å². The van der Waals surface area contributed by atoms with E-state index in [1.807, 2.05) is 7.05 Å². The molecule has 0 aliphatic rings. The minimum atomic E-state index is 0.999. The van der Waals surface area contributed by atoms with Crippen molar-refractivity contribution in [2.24, 2.45) is 7.05 Å². The maximum Gasteiger partial charge on any atom is 0.0847 e. The van der Waals surface area contributed by atoms with Gasteiger partial charge in [-0.2, -0.15) is 0 Å². The summed E-state index contributed by atoms with van der Waals surface area (Å²) in [6.45, 7) is 0.999. The monoisotopic (exact) mass is 216 g/mol. The van der Waals surface area contributed by atoms with Crippen molar-refractivity contribution < 1.29 is 0 Å². The molecule has 1 heterocycles. The fourth-order valence-corrected chi connectivity index (χ4v) is 1.45. The minimum Gasteiger partial charge on any atom is -0.345 e. The number of rotatable bonds is 2. The zero-order valence-corrected chi connectivity index (χ0v) is 8.72. The molecule has 0 spiro atoms. The lowest BCUT2D eigenvalue weighted by Crippen LogP contribution is -2.09. The quantitative estimate of drug-likeness (QED) is 0.733. The van der Waals surface area contributed by atoms with Crippen molar-refractivity contribution in [3.63, 3.8) is 0 Å². The molecule has 0 radical (unpaired) electrons. The standard InChI is InChI=1S/C8H13BrN2/c1-10(2)5-7-4-8(9)11(3)6-7/h4,6H,5H2,1-3H3. The van der Waals surface area contributed by atoms with Crippen LogP contribution < -0.4 is 0 Å². The maximum atomic E-state index is 3.45. The van der Waals surface area contributed by atoms with Gasteiger partial charge < -0.3 is 9.47 Å². The average molecular weight is 217 g/mol. The number of nitrogens with zero attached hydrogens (tertiary/aromatic N) is 2. The van der Waals surface area contributed by atoms with Gasteiger partial charge in [0.25, 0.3) is 0 Å². The summed E-state index contributed by atoms with van der Waals surface area (Å²) in [6.07, 6.45) is 2.13. The second-order valence-electron chi connectivity index (χ2n) is 3.02. The third kappa shape index (κ3) is 2.34. The molecule has 3 heteroatoms. The van der Waals surface area contributed by atoms with E-state index >= 15 is 0 Å². The Bertz CT molecular complexity index is 221. The molecule has 1 rings (SSSR count). The van der Waals surface area contributed by atoms with Crippen molar-refractivity contribution in [2.75, 3.05) is 14.1 Å². The minimum absolute atomic E-state index is 0.999. The summed E-state index contributed by atoms with van der Waals surface area (Å²) in [5, 5.41) is 0. The van der Waals surface area contributed by atoms with Gasteiger partial charge in [-0.15, -0.1) is 0 Å². The van der Waals surface area contributed by atoms with Crippen LogP contribution in [0.2, 0.25) is 0 Å². The van der Waals surface area contributed by atoms with Gasteiger partial charge in [-0.1, -0.05) is 0 Å². The molecule has 1 aromatic rings. The Morgan fingerprint density at radius 2 is 2.18 bits per heavy atom. The molecule has 2 nitrogen and oxygen atoms in total. The van der Waals surface area contributed by atoms with Gasteiger partial charge in [0.05, 0.1) is 4.60 Å². The van der Waals surface area contributed by atoms with Crippen LogP contribution in [-0.4, -0.2) is 23.6 Å². The molecule has 0 amide bonds. The number of hydrogen-bond donors (Lipinski definition) is 0. The summed E-state index contributed by atoms with van der Waals surface area (Å²) < 4.78 is 3.20. The second-order valence-corrected chi connectivity index (χ2v) is 3.83. The molecule has 0 saturated heterocycles. The molecule has 0 aliphatic carbocycles. The average Bonchev–Trinajstić information content (AvgIpc) is 2.10. The SMILES string of the molecule is CN(C)Cc1cc(Br)n(C)c1. The topological polar surface area (TPSA) is 8.17 Å². The van der Waals surface area contributed by atoms with Crippen molar-refractivity contribution in [2.45, 2.75) is 6.54 Å². The number of halogens is 1. The van der Waals surface area contributed by atoms with Gasteiger partial charge in [-0.05, 0) is 41.7 Å². The van der Waals surface area contributed by atoms with Gasteiger partial charge in [-0.3, -0.25) is 0 Å². The summed E-state index contributed by atoms with van der Waals surface area (Å²) in [5.74, 6) is 0. The molecule has 0 N–H and O–H groups in total. The highest BCUT2D eigenvalue weighted by Crippen LogP contribution is 2.14. The normalized spacial score (nSPS) is 11.0. The summed E-state index contributed by atoms with van der Waals surface area (Å²) in [7, 11) is 6.17. The van der Waals surface area contributed by atoms with Crippen molar-refractivity contribution in [1.82, 2.24) is 9.47 Å². The van der Waals surface area contributed by atoms with Crippen LogP contribution in [0, 0.1) is 0 Å². The molecule has 1 aromatic heterocycles. The van der Waals surface area contributed by atoms with Gasteiger partial charge in [0.15, 0.2) is 0 Å². The lowest BCUT2D eigenvalue weighted by atomic mass is 10.3. The van der Waals surface area contributed by atoms with E-state index < -0.39 is 0 Å². The fraction of sp³-hybridized carbons (Fsp3) is 0.500. The predicted molar refractivity (Wildman–Crippen MR) is 50.5 cm³/mol. The van der Waals surface area contributed by atoms with E-state index in [4.69, 9.17) is 0 Å². The van der Waals surface area contributed by atoms with Crippen molar-refractivity contribution in [1.29, 1.82) is 0 Å². The van der Waals surface area contributed by atoms with Crippen molar-refractivity contribution in [3.8, 4) is 0 Å². The number of aryl methyl sites for hydroxylation is 1. The largest absolute Gasteiger partial charge is 0.345 e. The highest BCUT2D eigenvalue weighted by Gasteiger charge is 2.00. The Hall–Kier alpha value is -0.280. The van der Waals surface area contributed by atoms with Gasteiger partial charge >= 0.3 is 0 Å². The maximum absolute atomic E-state index is 3.45. The molecule has 0 aromatic carbocycles. The highest BCUT2D eigenvalue weighted by molar-refractivity contribution is 9.10. The molecule has 0 saturated carbocycles. The first-order valence-corrected chi connectivity index (χ1v) is 4.34. The molecule has 0 atom stereocenters. The smallest absolute Gasteiger partial charge is 0.0847 e. The zero-order valence-electron chi connectivity index (χ0n) is 7.13. The van der Waals surface area contributed by atoms with Crippen molar-refractivity contribution in [3.05, 3.63) is 22.4 Å².